The summed E-state index contributed by atoms with van der Waals surface area (Å²) >= 11 is 0. The van der Waals surface area contributed by atoms with Crippen LogP contribution in [0, 0.1) is 11.6 Å². The molecule has 2 aliphatic rings. The van der Waals surface area contributed by atoms with Crippen molar-refractivity contribution < 1.29 is 13.5 Å². The number of benzene rings is 3. The number of fused-ring (bicyclic) bond motifs is 2. The lowest BCUT2D eigenvalue weighted by atomic mass is 10.0. The van der Waals surface area contributed by atoms with E-state index in [0.29, 0.717) is 18.7 Å². The molecule has 36 heavy (non-hydrogen) atoms. The van der Waals surface area contributed by atoms with E-state index in [4.69, 9.17) is 4.74 Å². The first-order valence-electron chi connectivity index (χ1n) is 13.3. The van der Waals surface area contributed by atoms with E-state index in [-0.39, 0.29) is 17.7 Å². The maximum Gasteiger partial charge on any atom is 0.123 e. The number of likely N-dealkylation sites (tertiary alicyclic amines) is 1. The first-order chi connectivity index (χ1) is 17.7. The van der Waals surface area contributed by atoms with Gasteiger partial charge in [-0.25, -0.2) is 8.78 Å². The minimum atomic E-state index is -0.343. The smallest absolute Gasteiger partial charge is 0.123 e. The van der Waals surface area contributed by atoms with Gasteiger partial charge in [0.05, 0.1) is 6.61 Å². The van der Waals surface area contributed by atoms with Crippen LogP contribution >= 0.6 is 0 Å². The summed E-state index contributed by atoms with van der Waals surface area (Å²) in [6.07, 6.45) is 5.81. The molecule has 3 aromatic carbocycles. The Bertz CT molecular complexity index is 1030. The molecule has 2 bridgehead atoms. The summed E-state index contributed by atoms with van der Waals surface area (Å²) in [4.78, 5) is 5.31. The van der Waals surface area contributed by atoms with Crippen molar-refractivity contribution in [1.29, 1.82) is 0 Å². The van der Waals surface area contributed by atoms with Gasteiger partial charge in [-0.15, -0.1) is 0 Å². The number of rotatable bonds is 10. The summed E-state index contributed by atoms with van der Waals surface area (Å²) in [5, 5.41) is 0. The average molecular weight is 491 g/mol. The third-order valence-corrected chi connectivity index (χ3v) is 7.78. The molecule has 0 radical (unpaired) electrons. The van der Waals surface area contributed by atoms with E-state index < -0.39 is 0 Å². The molecular formula is C31H36F2N2O. The van der Waals surface area contributed by atoms with E-state index in [2.05, 4.69) is 40.1 Å². The van der Waals surface area contributed by atoms with Gasteiger partial charge in [0.2, 0.25) is 0 Å². The maximum absolute atomic E-state index is 13.5. The second-order valence-electron chi connectivity index (χ2n) is 10.2. The standard InChI is InChI=1S/C31H36F2N2O/c32-27-12-8-25(9-13-27)31(26-10-14-28(33)15-11-26)36-22-21-34-20-18-29-16-17-30(23-34)35(29)19-4-7-24-5-2-1-3-6-24/h1-3,5-6,8-15,29-31H,4,7,16-23H2/t29-,30-/m1/s1. The first kappa shape index (κ1) is 25.1. The summed E-state index contributed by atoms with van der Waals surface area (Å²) in [6.45, 7) is 4.79. The van der Waals surface area contributed by atoms with Crippen molar-refractivity contribution in [3.63, 3.8) is 0 Å². The Balaban J connectivity index is 1.15. The van der Waals surface area contributed by atoms with Crippen LogP contribution in [0.25, 0.3) is 0 Å². The Kier molecular flexibility index (Phi) is 8.42. The zero-order valence-corrected chi connectivity index (χ0v) is 20.9. The molecule has 0 amide bonds. The predicted octanol–water partition coefficient (Wildman–Crippen LogP) is 6.24. The summed E-state index contributed by atoms with van der Waals surface area (Å²) in [7, 11) is 0. The zero-order chi connectivity index (χ0) is 24.7. The van der Waals surface area contributed by atoms with Crippen LogP contribution in [0.3, 0.4) is 0 Å². The van der Waals surface area contributed by atoms with Gasteiger partial charge in [-0.3, -0.25) is 9.80 Å². The quantitative estimate of drug-likeness (QED) is 0.334. The molecule has 2 aliphatic heterocycles. The van der Waals surface area contributed by atoms with Gasteiger partial charge >= 0.3 is 0 Å². The second-order valence-corrected chi connectivity index (χ2v) is 10.2. The molecule has 2 fully saturated rings. The molecule has 190 valence electrons. The second kappa shape index (κ2) is 12.1. The van der Waals surface area contributed by atoms with Crippen LogP contribution in [0.5, 0.6) is 0 Å². The van der Waals surface area contributed by atoms with E-state index in [1.165, 1.54) is 62.1 Å². The number of nitrogens with zero attached hydrogens (tertiary/aromatic N) is 2. The Labute approximate surface area is 213 Å². The topological polar surface area (TPSA) is 15.7 Å². The molecule has 0 aromatic heterocycles. The Morgan fingerprint density at radius 3 is 2.06 bits per heavy atom. The van der Waals surface area contributed by atoms with E-state index in [1.807, 2.05) is 0 Å². The summed E-state index contributed by atoms with van der Waals surface area (Å²) in [6, 6.07) is 24.9. The van der Waals surface area contributed by atoms with Crippen LogP contribution in [0.4, 0.5) is 8.78 Å². The molecule has 0 unspecified atom stereocenters. The fourth-order valence-electron chi connectivity index (χ4n) is 5.88. The number of hydrogen-bond donors (Lipinski definition) is 0. The molecule has 2 saturated heterocycles. The molecule has 0 N–H and O–H groups in total. The molecular weight excluding hydrogens is 454 g/mol. The minimum absolute atomic E-state index is 0.274. The van der Waals surface area contributed by atoms with E-state index in [9.17, 15) is 8.78 Å². The molecule has 3 aromatic rings. The highest BCUT2D eigenvalue weighted by Crippen LogP contribution is 2.31. The molecule has 0 aliphatic carbocycles. The van der Waals surface area contributed by atoms with Gasteiger partial charge in [-0.2, -0.15) is 0 Å². The molecule has 5 rings (SSSR count). The van der Waals surface area contributed by atoms with Crippen LogP contribution in [0.2, 0.25) is 0 Å². The number of aryl methyl sites for hydroxylation is 1. The molecule has 2 atom stereocenters. The number of hydrogen-bond acceptors (Lipinski definition) is 3. The summed E-state index contributed by atoms with van der Waals surface area (Å²) < 4.78 is 33.4. The third kappa shape index (κ3) is 6.39. The van der Waals surface area contributed by atoms with Gasteiger partial charge in [0.1, 0.15) is 17.7 Å². The fourth-order valence-corrected chi connectivity index (χ4v) is 5.88. The third-order valence-electron chi connectivity index (χ3n) is 7.78. The average Bonchev–Trinajstić information content (AvgIpc) is 3.18. The summed E-state index contributed by atoms with van der Waals surface area (Å²) in [5.74, 6) is -0.547. The Morgan fingerprint density at radius 2 is 1.39 bits per heavy atom. The largest absolute Gasteiger partial charge is 0.367 e. The van der Waals surface area contributed by atoms with Gasteiger partial charge < -0.3 is 4.74 Å². The number of ether oxygens (including phenoxy) is 1. The van der Waals surface area contributed by atoms with Crippen LogP contribution in [-0.2, 0) is 11.2 Å². The Morgan fingerprint density at radius 1 is 0.750 bits per heavy atom. The maximum atomic E-state index is 13.5. The molecule has 5 heteroatoms. The van der Waals surface area contributed by atoms with Crippen molar-refractivity contribution in [1.82, 2.24) is 9.80 Å². The summed E-state index contributed by atoms with van der Waals surface area (Å²) in [5.41, 5.74) is 3.18. The van der Waals surface area contributed by atoms with Gasteiger partial charge in [0.15, 0.2) is 0 Å². The van der Waals surface area contributed by atoms with Gasteiger partial charge in [-0.05, 0) is 86.1 Å². The van der Waals surface area contributed by atoms with E-state index in [1.54, 1.807) is 24.3 Å². The van der Waals surface area contributed by atoms with Crippen molar-refractivity contribution in [2.24, 2.45) is 0 Å². The van der Waals surface area contributed by atoms with E-state index >= 15 is 0 Å². The van der Waals surface area contributed by atoms with Gasteiger partial charge in [-0.1, -0.05) is 54.6 Å². The van der Waals surface area contributed by atoms with Crippen molar-refractivity contribution in [3.8, 4) is 0 Å². The normalized spacial score (nSPS) is 20.6. The molecule has 0 saturated carbocycles. The van der Waals surface area contributed by atoms with Crippen LogP contribution < -0.4 is 0 Å². The van der Waals surface area contributed by atoms with Crippen LogP contribution in [0.1, 0.15) is 48.5 Å². The molecule has 3 nitrogen and oxygen atoms in total. The molecule has 2 heterocycles. The molecule has 0 spiro atoms. The van der Waals surface area contributed by atoms with E-state index in [0.717, 1.165) is 37.2 Å². The van der Waals surface area contributed by atoms with Crippen molar-refractivity contribution >= 4 is 0 Å². The minimum Gasteiger partial charge on any atom is -0.367 e. The number of halogens is 2. The SMILES string of the molecule is Fc1ccc(C(OCCN2CC[C@H]3CC[C@H](C2)N3CCCc2ccccc2)c2ccc(F)cc2)cc1. The zero-order valence-electron chi connectivity index (χ0n) is 20.9. The van der Waals surface area contributed by atoms with Crippen molar-refractivity contribution in [2.45, 2.75) is 50.3 Å². The van der Waals surface area contributed by atoms with Crippen molar-refractivity contribution in [2.75, 3.05) is 32.8 Å². The highest BCUT2D eigenvalue weighted by Gasteiger charge is 2.36. The van der Waals surface area contributed by atoms with Gasteiger partial charge in [0.25, 0.3) is 0 Å². The van der Waals surface area contributed by atoms with Gasteiger partial charge in [0, 0.05) is 25.2 Å². The van der Waals surface area contributed by atoms with Crippen LogP contribution in [-0.4, -0.2) is 54.7 Å². The Hall–Kier alpha value is -2.60. The van der Waals surface area contributed by atoms with Crippen molar-refractivity contribution in [3.05, 3.63) is 107 Å². The fraction of sp³-hybridized carbons (Fsp3) is 0.419. The highest BCUT2D eigenvalue weighted by molar-refractivity contribution is 5.30. The predicted molar refractivity (Wildman–Crippen MR) is 140 cm³/mol. The lowest BCUT2D eigenvalue weighted by molar-refractivity contribution is 0.0574. The first-order valence-corrected chi connectivity index (χ1v) is 13.3. The monoisotopic (exact) mass is 490 g/mol. The lowest BCUT2D eigenvalue weighted by Crippen LogP contribution is -2.40. The lowest BCUT2D eigenvalue weighted by Gasteiger charge is -2.29. The van der Waals surface area contributed by atoms with Crippen LogP contribution in [0.15, 0.2) is 78.9 Å². The highest BCUT2D eigenvalue weighted by atomic mass is 19.1.